The maximum atomic E-state index is 9.79. The fraction of sp³-hybridized carbons (Fsp3) is 0.700. The molecule has 80 valence electrons. The van der Waals surface area contributed by atoms with Crippen molar-refractivity contribution in [2.45, 2.75) is 32.3 Å². The Morgan fingerprint density at radius 2 is 2.21 bits per heavy atom. The molecular formula is C10H18N2O2. The van der Waals surface area contributed by atoms with Crippen LogP contribution >= 0.6 is 0 Å². The van der Waals surface area contributed by atoms with Gasteiger partial charge in [-0.25, -0.2) is 0 Å². The number of hydrogen-bond acceptors (Lipinski definition) is 4. The van der Waals surface area contributed by atoms with Crippen LogP contribution in [-0.2, 0) is 5.41 Å². The zero-order valence-corrected chi connectivity index (χ0v) is 9.16. The Morgan fingerprint density at radius 1 is 1.57 bits per heavy atom. The van der Waals surface area contributed by atoms with Crippen LogP contribution in [0.25, 0.3) is 0 Å². The largest absolute Gasteiger partial charge is 0.387 e. The van der Waals surface area contributed by atoms with Gasteiger partial charge in [-0.1, -0.05) is 25.9 Å². The molecular weight excluding hydrogens is 180 g/mol. The summed E-state index contributed by atoms with van der Waals surface area (Å²) in [7, 11) is 1.80. The molecule has 0 radical (unpaired) electrons. The molecule has 0 fully saturated rings. The van der Waals surface area contributed by atoms with E-state index in [2.05, 4.69) is 10.5 Å². The van der Waals surface area contributed by atoms with Gasteiger partial charge in [0, 0.05) is 17.5 Å². The van der Waals surface area contributed by atoms with E-state index in [0.717, 1.165) is 11.3 Å². The molecule has 1 heterocycles. The van der Waals surface area contributed by atoms with Gasteiger partial charge < -0.3 is 14.9 Å². The topological polar surface area (TPSA) is 58.3 Å². The molecule has 0 aromatic carbocycles. The second kappa shape index (κ2) is 4.11. The van der Waals surface area contributed by atoms with Crippen molar-refractivity contribution in [1.82, 2.24) is 10.5 Å². The highest BCUT2D eigenvalue weighted by Crippen LogP contribution is 2.29. The quantitative estimate of drug-likeness (QED) is 0.766. The molecule has 0 aliphatic carbocycles. The Labute approximate surface area is 84.3 Å². The van der Waals surface area contributed by atoms with E-state index in [0.29, 0.717) is 6.54 Å². The first-order valence-corrected chi connectivity index (χ1v) is 4.74. The zero-order chi connectivity index (χ0) is 10.8. The van der Waals surface area contributed by atoms with Gasteiger partial charge >= 0.3 is 0 Å². The summed E-state index contributed by atoms with van der Waals surface area (Å²) in [6.07, 6.45) is 1.03. The van der Waals surface area contributed by atoms with E-state index in [9.17, 15) is 5.11 Å². The van der Waals surface area contributed by atoms with Crippen LogP contribution < -0.4 is 5.32 Å². The van der Waals surface area contributed by atoms with Gasteiger partial charge in [0.15, 0.2) is 0 Å². The lowest BCUT2D eigenvalue weighted by Crippen LogP contribution is -2.20. The molecule has 1 aromatic rings. The molecule has 2 N–H and O–H groups in total. The van der Waals surface area contributed by atoms with Gasteiger partial charge in [-0.15, -0.1) is 0 Å². The lowest BCUT2D eigenvalue weighted by Gasteiger charge is -2.18. The molecule has 1 atom stereocenters. The number of aliphatic hydroxyl groups is 1. The molecule has 0 aliphatic heterocycles. The van der Waals surface area contributed by atoms with Gasteiger partial charge in [-0.05, 0) is 7.05 Å². The first-order chi connectivity index (χ1) is 6.46. The maximum Gasteiger partial charge on any atom is 0.147 e. The van der Waals surface area contributed by atoms with Crippen molar-refractivity contribution in [1.29, 1.82) is 0 Å². The van der Waals surface area contributed by atoms with E-state index < -0.39 is 6.10 Å². The molecule has 0 saturated heterocycles. The SMILES string of the molecule is CNCC(O)c1cnoc1C(C)(C)C. The Bertz CT molecular complexity index is 289. The standard InChI is InChI=1S/C10H18N2O2/c1-10(2,3)9-7(5-12-14-9)8(13)6-11-4/h5,8,11,13H,6H2,1-4H3. The molecule has 1 rings (SSSR count). The summed E-state index contributed by atoms with van der Waals surface area (Å²) in [6.45, 7) is 6.60. The van der Waals surface area contributed by atoms with Crippen molar-refractivity contribution in [3.63, 3.8) is 0 Å². The summed E-state index contributed by atoms with van der Waals surface area (Å²) in [6, 6.07) is 0. The highest BCUT2D eigenvalue weighted by molar-refractivity contribution is 5.23. The molecule has 0 aliphatic rings. The molecule has 14 heavy (non-hydrogen) atoms. The number of nitrogens with zero attached hydrogens (tertiary/aromatic N) is 1. The Kier molecular flexibility index (Phi) is 3.29. The van der Waals surface area contributed by atoms with Gasteiger partial charge in [-0.3, -0.25) is 0 Å². The van der Waals surface area contributed by atoms with E-state index in [1.165, 1.54) is 0 Å². The minimum absolute atomic E-state index is 0.124. The minimum atomic E-state index is -0.555. The second-order valence-electron chi connectivity index (χ2n) is 4.43. The predicted molar refractivity (Wildman–Crippen MR) is 54.1 cm³/mol. The number of hydrogen-bond donors (Lipinski definition) is 2. The van der Waals surface area contributed by atoms with Crippen molar-refractivity contribution in [2.24, 2.45) is 0 Å². The summed E-state index contributed by atoms with van der Waals surface area (Å²) in [5, 5.41) is 16.4. The lowest BCUT2D eigenvalue weighted by atomic mass is 9.89. The number of aromatic nitrogens is 1. The van der Waals surface area contributed by atoms with Crippen LogP contribution in [0.15, 0.2) is 10.7 Å². The van der Waals surface area contributed by atoms with Gasteiger partial charge in [0.25, 0.3) is 0 Å². The van der Waals surface area contributed by atoms with Crippen molar-refractivity contribution in [3.05, 3.63) is 17.5 Å². The van der Waals surface area contributed by atoms with Crippen LogP contribution in [0.4, 0.5) is 0 Å². The third-order valence-electron chi connectivity index (χ3n) is 2.04. The minimum Gasteiger partial charge on any atom is -0.387 e. The van der Waals surface area contributed by atoms with Gasteiger partial charge in [0.05, 0.1) is 12.3 Å². The van der Waals surface area contributed by atoms with Gasteiger partial charge in [-0.2, -0.15) is 0 Å². The van der Waals surface area contributed by atoms with E-state index in [1.807, 2.05) is 20.8 Å². The number of aliphatic hydroxyl groups excluding tert-OH is 1. The molecule has 0 spiro atoms. The van der Waals surface area contributed by atoms with Crippen LogP contribution in [0.5, 0.6) is 0 Å². The van der Waals surface area contributed by atoms with Crippen LogP contribution in [0.2, 0.25) is 0 Å². The second-order valence-corrected chi connectivity index (χ2v) is 4.43. The van der Waals surface area contributed by atoms with Crippen molar-refractivity contribution in [3.8, 4) is 0 Å². The summed E-state index contributed by atoms with van der Waals surface area (Å²) in [5.41, 5.74) is 0.646. The highest BCUT2D eigenvalue weighted by atomic mass is 16.5. The molecule has 4 nitrogen and oxygen atoms in total. The fourth-order valence-electron chi connectivity index (χ4n) is 1.36. The van der Waals surface area contributed by atoms with E-state index >= 15 is 0 Å². The third kappa shape index (κ3) is 2.33. The van der Waals surface area contributed by atoms with E-state index in [4.69, 9.17) is 4.52 Å². The van der Waals surface area contributed by atoms with Gasteiger partial charge in [0.2, 0.25) is 0 Å². The first kappa shape index (κ1) is 11.2. The smallest absolute Gasteiger partial charge is 0.147 e. The molecule has 1 aromatic heterocycles. The number of nitrogens with one attached hydrogen (secondary N) is 1. The van der Waals surface area contributed by atoms with Crippen molar-refractivity contribution in [2.75, 3.05) is 13.6 Å². The normalized spacial score (nSPS) is 14.4. The van der Waals surface area contributed by atoms with E-state index in [1.54, 1.807) is 13.2 Å². The predicted octanol–water partition coefficient (Wildman–Crippen LogP) is 1.22. The number of likely N-dealkylation sites (N-methyl/N-ethyl adjacent to an activating group) is 1. The van der Waals surface area contributed by atoms with Crippen LogP contribution in [-0.4, -0.2) is 23.9 Å². The Morgan fingerprint density at radius 3 is 2.71 bits per heavy atom. The monoisotopic (exact) mass is 198 g/mol. The molecule has 1 unspecified atom stereocenters. The van der Waals surface area contributed by atoms with Crippen LogP contribution in [0.3, 0.4) is 0 Å². The van der Waals surface area contributed by atoms with Crippen LogP contribution in [0.1, 0.15) is 38.2 Å². The molecule has 0 amide bonds. The molecule has 4 heteroatoms. The first-order valence-electron chi connectivity index (χ1n) is 4.74. The Balaban J connectivity index is 2.93. The van der Waals surface area contributed by atoms with Gasteiger partial charge in [0.1, 0.15) is 5.76 Å². The maximum absolute atomic E-state index is 9.79. The van der Waals surface area contributed by atoms with Crippen molar-refractivity contribution < 1.29 is 9.63 Å². The molecule has 0 bridgehead atoms. The summed E-state index contributed by atoms with van der Waals surface area (Å²) in [5.74, 6) is 0.750. The van der Waals surface area contributed by atoms with E-state index in [-0.39, 0.29) is 5.41 Å². The molecule has 0 saturated carbocycles. The average molecular weight is 198 g/mol. The average Bonchev–Trinajstić information content (AvgIpc) is 2.50. The third-order valence-corrected chi connectivity index (χ3v) is 2.04. The van der Waals surface area contributed by atoms with Crippen LogP contribution in [0, 0.1) is 0 Å². The van der Waals surface area contributed by atoms with Crippen molar-refractivity contribution >= 4 is 0 Å². The number of rotatable bonds is 3. The zero-order valence-electron chi connectivity index (χ0n) is 9.16. The lowest BCUT2D eigenvalue weighted by molar-refractivity contribution is 0.172. The summed E-state index contributed by atoms with van der Waals surface area (Å²) in [4.78, 5) is 0. The Hall–Kier alpha value is -0.870. The summed E-state index contributed by atoms with van der Waals surface area (Å²) < 4.78 is 5.16. The summed E-state index contributed by atoms with van der Waals surface area (Å²) >= 11 is 0. The fourth-order valence-corrected chi connectivity index (χ4v) is 1.36. The highest BCUT2D eigenvalue weighted by Gasteiger charge is 2.26.